The van der Waals surface area contributed by atoms with Crippen molar-refractivity contribution in [3.63, 3.8) is 0 Å². The van der Waals surface area contributed by atoms with Crippen LogP contribution in [0.5, 0.6) is 0 Å². The molecule has 0 aliphatic heterocycles. The Bertz CT molecular complexity index is 753. The molecule has 2 aromatic carbocycles. The van der Waals surface area contributed by atoms with Crippen molar-refractivity contribution in [1.82, 2.24) is 0 Å². The summed E-state index contributed by atoms with van der Waals surface area (Å²) in [5.41, 5.74) is 0.754. The molecule has 2 aromatic rings. The van der Waals surface area contributed by atoms with Gasteiger partial charge in [-0.05, 0) is 42.5 Å². The Labute approximate surface area is 146 Å². The standard InChI is InChI=1S/C16H12ClF2NO3S/c1-23-15(22)10-4-7-12(17)13(8-10)20-14(21)9-2-5-11(6-3-9)24-16(18)19/h2-8,16H,1H3,(H,20,21). The van der Waals surface area contributed by atoms with Gasteiger partial charge in [-0.2, -0.15) is 8.78 Å². The molecule has 126 valence electrons. The molecule has 0 aromatic heterocycles. The molecule has 0 atom stereocenters. The van der Waals surface area contributed by atoms with Gasteiger partial charge in [-0.3, -0.25) is 4.79 Å². The number of esters is 1. The van der Waals surface area contributed by atoms with Crippen molar-refractivity contribution in [2.45, 2.75) is 10.7 Å². The van der Waals surface area contributed by atoms with Crippen molar-refractivity contribution < 1.29 is 23.1 Å². The third-order valence-corrected chi connectivity index (χ3v) is 4.03. The lowest BCUT2D eigenvalue weighted by Gasteiger charge is -2.09. The fraction of sp³-hybridized carbons (Fsp3) is 0.125. The largest absolute Gasteiger partial charge is 0.465 e. The van der Waals surface area contributed by atoms with Crippen molar-refractivity contribution in [3.05, 3.63) is 58.6 Å². The van der Waals surface area contributed by atoms with Crippen molar-refractivity contribution in [2.24, 2.45) is 0 Å². The maximum absolute atomic E-state index is 12.3. The third kappa shape index (κ3) is 4.69. The fourth-order valence-corrected chi connectivity index (χ4v) is 2.51. The number of alkyl halides is 2. The van der Waals surface area contributed by atoms with Gasteiger partial charge in [0.25, 0.3) is 11.7 Å². The van der Waals surface area contributed by atoms with Gasteiger partial charge in [0.1, 0.15) is 0 Å². The van der Waals surface area contributed by atoms with Gasteiger partial charge in [0.15, 0.2) is 0 Å². The van der Waals surface area contributed by atoms with E-state index in [0.29, 0.717) is 16.7 Å². The van der Waals surface area contributed by atoms with Crippen LogP contribution in [0, 0.1) is 0 Å². The number of anilines is 1. The van der Waals surface area contributed by atoms with E-state index in [9.17, 15) is 18.4 Å². The van der Waals surface area contributed by atoms with Gasteiger partial charge >= 0.3 is 5.97 Å². The Morgan fingerprint density at radius 2 is 1.75 bits per heavy atom. The van der Waals surface area contributed by atoms with Gasteiger partial charge in [-0.15, -0.1) is 0 Å². The van der Waals surface area contributed by atoms with Gasteiger partial charge in [0, 0.05) is 10.5 Å². The lowest BCUT2D eigenvalue weighted by Crippen LogP contribution is -2.13. The Kier molecular flexibility index (Phi) is 6.16. The number of nitrogens with one attached hydrogen (secondary N) is 1. The van der Waals surface area contributed by atoms with Crippen LogP contribution in [-0.2, 0) is 4.74 Å². The number of amides is 1. The first kappa shape index (κ1) is 18.2. The summed E-state index contributed by atoms with van der Waals surface area (Å²) in [5.74, 6) is -3.56. The normalized spacial score (nSPS) is 10.5. The first-order chi connectivity index (χ1) is 11.4. The third-order valence-electron chi connectivity index (χ3n) is 2.98. The molecular weight excluding hydrogens is 360 g/mol. The number of benzene rings is 2. The summed E-state index contributed by atoms with van der Waals surface area (Å²) in [7, 11) is 1.24. The molecule has 0 aliphatic rings. The first-order valence-corrected chi connectivity index (χ1v) is 7.90. The van der Waals surface area contributed by atoms with Crippen molar-refractivity contribution >= 4 is 40.9 Å². The maximum Gasteiger partial charge on any atom is 0.337 e. The van der Waals surface area contributed by atoms with E-state index in [2.05, 4.69) is 10.1 Å². The van der Waals surface area contributed by atoms with Crippen LogP contribution >= 0.6 is 23.4 Å². The highest BCUT2D eigenvalue weighted by Gasteiger charge is 2.13. The predicted molar refractivity (Wildman–Crippen MR) is 89.0 cm³/mol. The van der Waals surface area contributed by atoms with Crippen molar-refractivity contribution in [2.75, 3.05) is 12.4 Å². The van der Waals surface area contributed by atoms with Crippen molar-refractivity contribution in [1.29, 1.82) is 0 Å². The smallest absolute Gasteiger partial charge is 0.337 e. The second-order valence-corrected chi connectivity index (χ2v) is 6.01. The molecule has 4 nitrogen and oxygen atoms in total. The summed E-state index contributed by atoms with van der Waals surface area (Å²) < 4.78 is 29.2. The van der Waals surface area contributed by atoms with E-state index in [1.54, 1.807) is 0 Å². The molecule has 0 unspecified atom stereocenters. The minimum atomic E-state index is -2.52. The van der Waals surface area contributed by atoms with Crippen LogP contribution in [0.3, 0.4) is 0 Å². The molecular formula is C16H12ClF2NO3S. The molecule has 0 fully saturated rings. The van der Waals surface area contributed by atoms with E-state index in [1.807, 2.05) is 0 Å². The van der Waals surface area contributed by atoms with Crippen LogP contribution < -0.4 is 5.32 Å². The average Bonchev–Trinajstić information content (AvgIpc) is 2.56. The molecule has 0 saturated carbocycles. The van der Waals surface area contributed by atoms with E-state index in [-0.39, 0.29) is 21.8 Å². The Balaban J connectivity index is 2.15. The Hall–Kier alpha value is -2.12. The van der Waals surface area contributed by atoms with E-state index >= 15 is 0 Å². The number of hydrogen-bond acceptors (Lipinski definition) is 4. The SMILES string of the molecule is COC(=O)c1ccc(Cl)c(NC(=O)c2ccc(SC(F)F)cc2)c1. The Morgan fingerprint density at radius 3 is 2.33 bits per heavy atom. The van der Waals surface area contributed by atoms with Crippen LogP contribution in [-0.4, -0.2) is 24.7 Å². The number of hydrogen-bond donors (Lipinski definition) is 1. The summed E-state index contributed by atoms with van der Waals surface area (Å²) in [6.07, 6.45) is 0. The number of methoxy groups -OCH3 is 1. The molecule has 8 heteroatoms. The molecule has 0 spiro atoms. The quantitative estimate of drug-likeness (QED) is 0.611. The van der Waals surface area contributed by atoms with Crippen molar-refractivity contribution in [3.8, 4) is 0 Å². The van der Waals surface area contributed by atoms with Gasteiger partial charge in [0.05, 0.1) is 23.4 Å². The molecule has 24 heavy (non-hydrogen) atoms. The number of carbonyl (C=O) groups excluding carboxylic acids is 2. The highest BCUT2D eigenvalue weighted by atomic mass is 35.5. The second-order valence-electron chi connectivity index (χ2n) is 4.54. The minimum absolute atomic E-state index is 0.237. The van der Waals surface area contributed by atoms with Gasteiger partial charge in [0.2, 0.25) is 0 Å². The van der Waals surface area contributed by atoms with E-state index < -0.39 is 17.6 Å². The molecule has 0 aliphatic carbocycles. The summed E-state index contributed by atoms with van der Waals surface area (Å²) in [6, 6.07) is 10.0. The van der Waals surface area contributed by atoms with Crippen LogP contribution in [0.2, 0.25) is 5.02 Å². The zero-order chi connectivity index (χ0) is 17.7. The lowest BCUT2D eigenvalue weighted by molar-refractivity contribution is 0.0600. The van der Waals surface area contributed by atoms with Gasteiger partial charge in [-0.25, -0.2) is 4.79 Å². The second kappa shape index (κ2) is 8.12. The summed E-state index contributed by atoms with van der Waals surface area (Å²) >= 11 is 6.40. The van der Waals surface area contributed by atoms with E-state index in [0.717, 1.165) is 0 Å². The molecule has 0 saturated heterocycles. The van der Waals surface area contributed by atoms with Gasteiger partial charge < -0.3 is 10.1 Å². The molecule has 0 radical (unpaired) electrons. The van der Waals surface area contributed by atoms with Crippen LogP contribution in [0.4, 0.5) is 14.5 Å². The Morgan fingerprint density at radius 1 is 1.12 bits per heavy atom. The fourth-order valence-electron chi connectivity index (χ4n) is 1.85. The van der Waals surface area contributed by atoms with Crippen LogP contribution in [0.15, 0.2) is 47.4 Å². The monoisotopic (exact) mass is 371 g/mol. The zero-order valence-electron chi connectivity index (χ0n) is 12.4. The topological polar surface area (TPSA) is 55.4 Å². The molecule has 0 bridgehead atoms. The van der Waals surface area contributed by atoms with Crippen LogP contribution in [0.25, 0.3) is 0 Å². The van der Waals surface area contributed by atoms with Gasteiger partial charge in [-0.1, -0.05) is 23.4 Å². The number of carbonyl (C=O) groups is 2. The molecule has 1 amide bonds. The van der Waals surface area contributed by atoms with E-state index in [4.69, 9.17) is 11.6 Å². The molecule has 1 N–H and O–H groups in total. The summed E-state index contributed by atoms with van der Waals surface area (Å²) in [5, 5.41) is 2.82. The van der Waals surface area contributed by atoms with Crippen LogP contribution in [0.1, 0.15) is 20.7 Å². The maximum atomic E-state index is 12.3. The number of thioether (sulfide) groups is 1. The predicted octanol–water partition coefficient (Wildman–Crippen LogP) is 4.69. The first-order valence-electron chi connectivity index (χ1n) is 6.65. The molecule has 2 rings (SSSR count). The highest BCUT2D eigenvalue weighted by molar-refractivity contribution is 7.99. The number of rotatable bonds is 5. The minimum Gasteiger partial charge on any atom is -0.465 e. The average molecular weight is 372 g/mol. The molecule has 0 heterocycles. The van der Waals surface area contributed by atoms with E-state index in [1.165, 1.54) is 49.6 Å². The number of ether oxygens (including phenoxy) is 1. The summed E-state index contributed by atoms with van der Waals surface area (Å²) in [4.78, 5) is 24.1. The number of halogens is 3. The summed E-state index contributed by atoms with van der Waals surface area (Å²) in [6.45, 7) is 0. The highest BCUT2D eigenvalue weighted by Crippen LogP contribution is 2.26. The lowest BCUT2D eigenvalue weighted by atomic mass is 10.1. The zero-order valence-corrected chi connectivity index (χ0v) is 14.0.